The summed E-state index contributed by atoms with van der Waals surface area (Å²) in [6, 6.07) is 6.81. The fraction of sp³-hybridized carbons (Fsp3) is 0.474. The van der Waals surface area contributed by atoms with Gasteiger partial charge in [-0.25, -0.2) is 9.78 Å². The average molecular weight is 388 g/mol. The minimum atomic E-state index is -0.575. The number of aromatic nitrogens is 2. The number of urea groups is 1. The lowest BCUT2D eigenvalue weighted by Crippen LogP contribution is -2.49. The van der Waals surface area contributed by atoms with Gasteiger partial charge >= 0.3 is 6.03 Å². The van der Waals surface area contributed by atoms with Gasteiger partial charge < -0.3 is 5.32 Å². The lowest BCUT2D eigenvalue weighted by Gasteiger charge is -2.21. The summed E-state index contributed by atoms with van der Waals surface area (Å²) in [6.45, 7) is 7.21. The number of carbonyl (C=O) groups excluding carboxylic acids is 2. The summed E-state index contributed by atoms with van der Waals surface area (Å²) < 4.78 is 1.69. The highest BCUT2D eigenvalue weighted by Gasteiger charge is 2.30. The number of para-hydroxylation sites is 1. The smallest absolute Gasteiger partial charge is 0.321 e. The van der Waals surface area contributed by atoms with Crippen molar-refractivity contribution in [3.05, 3.63) is 34.6 Å². The number of carbonyl (C=O) groups is 2. The number of nitrogens with zero attached hydrogens (tertiary/aromatic N) is 2. The second kappa shape index (κ2) is 7.34. The molecule has 7 nitrogen and oxygen atoms in total. The zero-order valence-corrected chi connectivity index (χ0v) is 16.7. The molecule has 0 unspecified atom stereocenters. The Morgan fingerprint density at radius 2 is 1.93 bits per heavy atom. The molecule has 1 aromatic carbocycles. The van der Waals surface area contributed by atoms with Crippen molar-refractivity contribution in [2.24, 2.45) is 0 Å². The fourth-order valence-electron chi connectivity index (χ4n) is 2.66. The first-order valence-corrected chi connectivity index (χ1v) is 9.84. The molecule has 1 aliphatic carbocycles. The first-order valence-electron chi connectivity index (χ1n) is 8.96. The van der Waals surface area contributed by atoms with Gasteiger partial charge in [0.1, 0.15) is 0 Å². The Kier molecular flexibility index (Phi) is 5.28. The van der Waals surface area contributed by atoms with E-state index < -0.39 is 22.7 Å². The van der Waals surface area contributed by atoms with E-state index in [0.717, 1.165) is 12.8 Å². The number of benzene rings is 1. The normalized spacial score (nSPS) is 15.4. The highest BCUT2D eigenvalue weighted by atomic mass is 32.2. The van der Waals surface area contributed by atoms with Crippen LogP contribution in [0, 0.1) is 0 Å². The second-order valence-corrected chi connectivity index (χ2v) is 9.08. The number of hydrogen-bond acceptors (Lipinski definition) is 5. The number of amides is 3. The summed E-state index contributed by atoms with van der Waals surface area (Å²) in [4.78, 5) is 41.8. The van der Waals surface area contributed by atoms with E-state index >= 15 is 0 Å². The van der Waals surface area contributed by atoms with Crippen molar-refractivity contribution in [3.63, 3.8) is 0 Å². The third-order valence-corrected chi connectivity index (χ3v) is 5.13. The Balaban J connectivity index is 1.81. The molecule has 8 heteroatoms. The molecule has 0 spiro atoms. The van der Waals surface area contributed by atoms with Crippen molar-refractivity contribution in [1.82, 2.24) is 20.2 Å². The van der Waals surface area contributed by atoms with E-state index in [1.807, 2.05) is 32.9 Å². The van der Waals surface area contributed by atoms with E-state index in [1.54, 1.807) is 23.6 Å². The van der Waals surface area contributed by atoms with Crippen LogP contribution in [0.25, 0.3) is 10.9 Å². The van der Waals surface area contributed by atoms with Gasteiger partial charge in [-0.3, -0.25) is 19.5 Å². The Bertz CT molecular complexity index is 944. The van der Waals surface area contributed by atoms with Crippen molar-refractivity contribution in [1.29, 1.82) is 0 Å². The molecule has 0 radical (unpaired) electrons. The molecular weight excluding hydrogens is 364 g/mol. The van der Waals surface area contributed by atoms with Gasteiger partial charge in [0, 0.05) is 11.6 Å². The number of imide groups is 1. The largest absolute Gasteiger partial charge is 0.333 e. The molecule has 1 atom stereocenters. The number of fused-ring (bicyclic) bond motifs is 1. The van der Waals surface area contributed by atoms with Crippen molar-refractivity contribution in [2.75, 3.05) is 0 Å². The molecule has 3 amide bonds. The average Bonchev–Trinajstić information content (AvgIpc) is 3.38. The van der Waals surface area contributed by atoms with E-state index in [0.29, 0.717) is 16.1 Å². The predicted octanol–water partition coefficient (Wildman–Crippen LogP) is 2.84. The zero-order valence-electron chi connectivity index (χ0n) is 15.9. The van der Waals surface area contributed by atoms with Gasteiger partial charge in [-0.2, -0.15) is 0 Å². The first kappa shape index (κ1) is 19.4. The molecule has 144 valence electrons. The summed E-state index contributed by atoms with van der Waals surface area (Å²) in [5.74, 6) is -0.425. The highest BCUT2D eigenvalue weighted by Crippen LogP contribution is 2.37. The van der Waals surface area contributed by atoms with Gasteiger partial charge in [-0.15, -0.1) is 0 Å². The van der Waals surface area contributed by atoms with E-state index in [-0.39, 0.29) is 11.6 Å². The number of hydrogen-bond donors (Lipinski definition) is 2. The molecule has 1 aromatic heterocycles. The molecule has 0 bridgehead atoms. The van der Waals surface area contributed by atoms with Crippen LogP contribution in [0.3, 0.4) is 0 Å². The van der Waals surface area contributed by atoms with Crippen molar-refractivity contribution >= 4 is 34.6 Å². The molecule has 1 aliphatic rings. The van der Waals surface area contributed by atoms with Gasteiger partial charge in [0.25, 0.3) is 5.56 Å². The van der Waals surface area contributed by atoms with E-state index in [1.165, 1.54) is 11.8 Å². The molecule has 1 saturated carbocycles. The summed E-state index contributed by atoms with van der Waals surface area (Å²) in [5.41, 5.74) is 0.0938. The fourth-order valence-corrected chi connectivity index (χ4v) is 3.64. The maximum absolute atomic E-state index is 12.9. The van der Waals surface area contributed by atoms with Crippen LogP contribution in [0.5, 0.6) is 0 Å². The van der Waals surface area contributed by atoms with Crippen LogP contribution in [-0.2, 0) is 4.79 Å². The topological polar surface area (TPSA) is 93.1 Å². The standard InChI is InChI=1S/C19H24N4O3S/c1-11(15(24)21-17(26)22-19(2,3)4)27-18-20-14-8-6-5-7-13(14)16(25)23(18)12-9-10-12/h5-8,11-12H,9-10H2,1-4H3,(H2,21,22,24,26)/t11-/m0/s1. The molecule has 1 fully saturated rings. The van der Waals surface area contributed by atoms with Gasteiger partial charge in [0.15, 0.2) is 5.16 Å². The van der Waals surface area contributed by atoms with Crippen LogP contribution >= 0.6 is 11.8 Å². The van der Waals surface area contributed by atoms with Crippen LogP contribution in [-0.4, -0.2) is 32.3 Å². The summed E-state index contributed by atoms with van der Waals surface area (Å²) in [7, 11) is 0. The monoisotopic (exact) mass is 388 g/mol. The summed E-state index contributed by atoms with van der Waals surface area (Å²) in [5, 5.41) is 5.56. The van der Waals surface area contributed by atoms with Crippen LogP contribution in [0.2, 0.25) is 0 Å². The van der Waals surface area contributed by atoms with Gasteiger partial charge in [0.2, 0.25) is 5.91 Å². The van der Waals surface area contributed by atoms with Crippen molar-refractivity contribution in [3.8, 4) is 0 Å². The summed E-state index contributed by atoms with van der Waals surface area (Å²) in [6.07, 6.45) is 1.87. The van der Waals surface area contributed by atoms with Gasteiger partial charge in [0.05, 0.1) is 16.2 Å². The zero-order chi connectivity index (χ0) is 19.8. The SMILES string of the molecule is C[C@H](Sc1nc2ccccc2c(=O)n1C1CC1)C(=O)NC(=O)NC(C)(C)C. The quantitative estimate of drug-likeness (QED) is 0.621. The Morgan fingerprint density at radius 1 is 1.26 bits per heavy atom. The Morgan fingerprint density at radius 3 is 2.56 bits per heavy atom. The van der Waals surface area contributed by atoms with Crippen molar-refractivity contribution in [2.45, 2.75) is 62.5 Å². The number of thioether (sulfide) groups is 1. The minimum Gasteiger partial charge on any atom is -0.333 e. The molecule has 27 heavy (non-hydrogen) atoms. The molecule has 0 saturated heterocycles. The van der Waals surface area contributed by atoms with E-state index in [9.17, 15) is 14.4 Å². The van der Waals surface area contributed by atoms with Crippen LogP contribution < -0.4 is 16.2 Å². The van der Waals surface area contributed by atoms with E-state index in [4.69, 9.17) is 0 Å². The number of rotatable bonds is 4. The molecular formula is C19H24N4O3S. The van der Waals surface area contributed by atoms with Gasteiger partial charge in [-0.1, -0.05) is 23.9 Å². The number of nitrogens with one attached hydrogen (secondary N) is 2. The molecule has 2 aromatic rings. The minimum absolute atomic E-state index is 0.0799. The molecule has 2 N–H and O–H groups in total. The summed E-state index contributed by atoms with van der Waals surface area (Å²) >= 11 is 1.20. The lowest BCUT2D eigenvalue weighted by molar-refractivity contribution is -0.119. The molecule has 0 aliphatic heterocycles. The van der Waals surface area contributed by atoms with Crippen molar-refractivity contribution < 1.29 is 9.59 Å². The lowest BCUT2D eigenvalue weighted by atomic mass is 10.1. The van der Waals surface area contributed by atoms with Crippen LogP contribution in [0.1, 0.15) is 46.6 Å². The Hall–Kier alpha value is -2.35. The third-order valence-electron chi connectivity index (χ3n) is 4.06. The maximum atomic E-state index is 12.9. The molecule has 1 heterocycles. The third kappa shape index (κ3) is 4.68. The second-order valence-electron chi connectivity index (χ2n) is 7.77. The highest BCUT2D eigenvalue weighted by molar-refractivity contribution is 8.00. The van der Waals surface area contributed by atoms with Crippen LogP contribution in [0.4, 0.5) is 4.79 Å². The van der Waals surface area contributed by atoms with Crippen LogP contribution in [0.15, 0.2) is 34.2 Å². The predicted molar refractivity (Wildman–Crippen MR) is 106 cm³/mol. The van der Waals surface area contributed by atoms with Gasteiger partial charge in [-0.05, 0) is 52.7 Å². The Labute approximate surface area is 161 Å². The first-order chi connectivity index (χ1) is 12.7. The van der Waals surface area contributed by atoms with E-state index in [2.05, 4.69) is 15.6 Å². The molecule has 3 rings (SSSR count). The maximum Gasteiger partial charge on any atom is 0.321 e.